The zero-order valence-corrected chi connectivity index (χ0v) is 9.22. The lowest BCUT2D eigenvalue weighted by Gasteiger charge is -2.08. The normalized spacial score (nSPS) is 17.7. The molecule has 92 valence electrons. The molecule has 0 spiro atoms. The molecule has 0 radical (unpaired) electrons. The van der Waals surface area contributed by atoms with Crippen LogP contribution in [-0.4, -0.2) is 5.84 Å². The number of rotatable bonds is 2. The molecule has 0 aliphatic heterocycles. The van der Waals surface area contributed by atoms with Crippen LogP contribution in [0.4, 0.5) is 18.9 Å². The third-order valence-corrected chi connectivity index (χ3v) is 3.01. The molecule has 1 aliphatic carbocycles. The molecule has 5 heteroatoms. The standard InChI is InChI=1S/C12H13F3N2/c13-8-5-10(15)11(6-9(8)14)17-12(16)7-3-1-2-4-7/h5-7H,1-4H2,(H2,16,17). The van der Waals surface area contributed by atoms with Gasteiger partial charge in [-0.2, -0.15) is 0 Å². The van der Waals surface area contributed by atoms with E-state index >= 15 is 0 Å². The van der Waals surface area contributed by atoms with Crippen molar-refractivity contribution in [2.24, 2.45) is 16.6 Å². The SMILES string of the molecule is NC(=Nc1cc(F)c(F)cc1F)C1CCCC1. The number of hydrogen-bond donors (Lipinski definition) is 1. The lowest BCUT2D eigenvalue weighted by Crippen LogP contribution is -2.20. The Kier molecular flexibility index (Phi) is 3.36. The fourth-order valence-corrected chi connectivity index (χ4v) is 2.05. The number of nitrogens with two attached hydrogens (primary N) is 1. The van der Waals surface area contributed by atoms with Crippen LogP contribution in [0.2, 0.25) is 0 Å². The second-order valence-corrected chi connectivity index (χ2v) is 4.24. The Morgan fingerprint density at radius 2 is 1.65 bits per heavy atom. The number of aliphatic imine (C=N–C) groups is 1. The zero-order chi connectivity index (χ0) is 12.4. The Bertz CT molecular complexity index is 451. The molecule has 0 amide bonds. The van der Waals surface area contributed by atoms with Crippen molar-refractivity contribution >= 4 is 11.5 Å². The van der Waals surface area contributed by atoms with E-state index in [2.05, 4.69) is 4.99 Å². The van der Waals surface area contributed by atoms with Crippen LogP contribution >= 0.6 is 0 Å². The van der Waals surface area contributed by atoms with E-state index in [0.29, 0.717) is 11.9 Å². The van der Waals surface area contributed by atoms with Gasteiger partial charge in [-0.15, -0.1) is 0 Å². The summed E-state index contributed by atoms with van der Waals surface area (Å²) in [5.74, 6) is -2.81. The van der Waals surface area contributed by atoms with E-state index in [1.807, 2.05) is 0 Å². The molecule has 0 bridgehead atoms. The maximum absolute atomic E-state index is 13.3. The first-order valence-corrected chi connectivity index (χ1v) is 5.56. The summed E-state index contributed by atoms with van der Waals surface area (Å²) in [7, 11) is 0. The topological polar surface area (TPSA) is 38.4 Å². The van der Waals surface area contributed by atoms with Crippen molar-refractivity contribution in [2.75, 3.05) is 0 Å². The van der Waals surface area contributed by atoms with Crippen LogP contribution in [0, 0.1) is 23.4 Å². The lowest BCUT2D eigenvalue weighted by atomic mass is 10.1. The summed E-state index contributed by atoms with van der Waals surface area (Å²) >= 11 is 0. The molecule has 2 nitrogen and oxygen atoms in total. The number of benzene rings is 1. The van der Waals surface area contributed by atoms with Gasteiger partial charge >= 0.3 is 0 Å². The molecule has 0 aromatic heterocycles. The van der Waals surface area contributed by atoms with Gasteiger partial charge in [0.1, 0.15) is 11.5 Å². The highest BCUT2D eigenvalue weighted by Gasteiger charge is 2.19. The van der Waals surface area contributed by atoms with Gasteiger partial charge in [-0.25, -0.2) is 18.2 Å². The Hall–Kier alpha value is -1.52. The minimum atomic E-state index is -1.22. The predicted molar refractivity (Wildman–Crippen MR) is 59.6 cm³/mol. The number of halogens is 3. The highest BCUT2D eigenvalue weighted by molar-refractivity contribution is 5.85. The summed E-state index contributed by atoms with van der Waals surface area (Å²) in [6.07, 6.45) is 3.98. The van der Waals surface area contributed by atoms with E-state index < -0.39 is 17.5 Å². The molecule has 1 aromatic rings. The van der Waals surface area contributed by atoms with Crippen LogP contribution in [-0.2, 0) is 0 Å². The fraction of sp³-hybridized carbons (Fsp3) is 0.417. The molecule has 1 aliphatic rings. The molecule has 2 rings (SSSR count). The minimum absolute atomic E-state index is 0.127. The van der Waals surface area contributed by atoms with Crippen LogP contribution in [0.15, 0.2) is 17.1 Å². The van der Waals surface area contributed by atoms with Gasteiger partial charge in [0.15, 0.2) is 17.5 Å². The molecular formula is C12H13F3N2. The van der Waals surface area contributed by atoms with E-state index in [1.165, 1.54) is 0 Å². The first kappa shape index (κ1) is 12.0. The van der Waals surface area contributed by atoms with Crippen LogP contribution in [0.1, 0.15) is 25.7 Å². The summed E-state index contributed by atoms with van der Waals surface area (Å²) in [6.45, 7) is 0. The van der Waals surface area contributed by atoms with Gasteiger partial charge in [0.25, 0.3) is 0 Å². The number of amidine groups is 1. The minimum Gasteiger partial charge on any atom is -0.387 e. The Labute approximate surface area is 97.3 Å². The zero-order valence-electron chi connectivity index (χ0n) is 9.22. The first-order chi connectivity index (χ1) is 8.08. The third-order valence-electron chi connectivity index (χ3n) is 3.01. The largest absolute Gasteiger partial charge is 0.387 e. The van der Waals surface area contributed by atoms with Crippen LogP contribution in [0.5, 0.6) is 0 Å². The van der Waals surface area contributed by atoms with Gasteiger partial charge in [-0.3, -0.25) is 0 Å². The van der Waals surface area contributed by atoms with E-state index in [0.717, 1.165) is 31.7 Å². The van der Waals surface area contributed by atoms with Crippen molar-refractivity contribution in [2.45, 2.75) is 25.7 Å². The van der Waals surface area contributed by atoms with Crippen LogP contribution in [0.3, 0.4) is 0 Å². The summed E-state index contributed by atoms with van der Waals surface area (Å²) < 4.78 is 38.9. The van der Waals surface area contributed by atoms with Gasteiger partial charge < -0.3 is 5.73 Å². The van der Waals surface area contributed by atoms with Crippen molar-refractivity contribution in [3.63, 3.8) is 0 Å². The van der Waals surface area contributed by atoms with Crippen molar-refractivity contribution in [3.8, 4) is 0 Å². The molecule has 2 N–H and O–H groups in total. The molecule has 0 saturated heterocycles. The monoisotopic (exact) mass is 242 g/mol. The molecule has 1 saturated carbocycles. The van der Waals surface area contributed by atoms with Gasteiger partial charge in [0.05, 0.1) is 0 Å². The maximum atomic E-state index is 13.3. The Balaban J connectivity index is 2.28. The van der Waals surface area contributed by atoms with Crippen molar-refractivity contribution in [1.29, 1.82) is 0 Å². The average Bonchev–Trinajstić information content (AvgIpc) is 2.79. The van der Waals surface area contributed by atoms with Crippen LogP contribution in [0.25, 0.3) is 0 Å². The number of nitrogens with zero attached hydrogens (tertiary/aromatic N) is 1. The van der Waals surface area contributed by atoms with E-state index in [-0.39, 0.29) is 11.6 Å². The molecule has 1 fully saturated rings. The molecule has 1 aromatic carbocycles. The molecular weight excluding hydrogens is 229 g/mol. The molecule has 0 unspecified atom stereocenters. The Morgan fingerprint density at radius 1 is 1.06 bits per heavy atom. The quantitative estimate of drug-likeness (QED) is 0.482. The van der Waals surface area contributed by atoms with Gasteiger partial charge in [0, 0.05) is 18.1 Å². The Morgan fingerprint density at radius 3 is 2.29 bits per heavy atom. The van der Waals surface area contributed by atoms with Crippen molar-refractivity contribution in [1.82, 2.24) is 0 Å². The second-order valence-electron chi connectivity index (χ2n) is 4.24. The van der Waals surface area contributed by atoms with Crippen LogP contribution < -0.4 is 5.73 Å². The lowest BCUT2D eigenvalue weighted by molar-refractivity contribution is 0.496. The average molecular weight is 242 g/mol. The predicted octanol–water partition coefficient (Wildman–Crippen LogP) is 3.28. The van der Waals surface area contributed by atoms with E-state index in [9.17, 15) is 13.2 Å². The fourth-order valence-electron chi connectivity index (χ4n) is 2.05. The third kappa shape index (κ3) is 2.60. The molecule has 0 atom stereocenters. The van der Waals surface area contributed by atoms with Crippen molar-refractivity contribution < 1.29 is 13.2 Å². The van der Waals surface area contributed by atoms with Gasteiger partial charge in [-0.1, -0.05) is 12.8 Å². The smallest absolute Gasteiger partial charge is 0.161 e. The van der Waals surface area contributed by atoms with Crippen molar-refractivity contribution in [3.05, 3.63) is 29.6 Å². The summed E-state index contributed by atoms with van der Waals surface area (Å²) in [5.41, 5.74) is 5.49. The summed E-state index contributed by atoms with van der Waals surface area (Å²) in [6, 6.07) is 1.21. The van der Waals surface area contributed by atoms with E-state index in [4.69, 9.17) is 5.73 Å². The summed E-state index contributed by atoms with van der Waals surface area (Å²) in [4.78, 5) is 3.86. The second kappa shape index (κ2) is 4.77. The van der Waals surface area contributed by atoms with E-state index in [1.54, 1.807) is 0 Å². The van der Waals surface area contributed by atoms with Gasteiger partial charge in [0.2, 0.25) is 0 Å². The summed E-state index contributed by atoms with van der Waals surface area (Å²) in [5, 5.41) is 0. The molecule has 0 heterocycles. The highest BCUT2D eigenvalue weighted by Crippen LogP contribution is 2.27. The first-order valence-electron chi connectivity index (χ1n) is 5.56. The number of hydrogen-bond acceptors (Lipinski definition) is 1. The maximum Gasteiger partial charge on any atom is 0.161 e. The highest BCUT2D eigenvalue weighted by atomic mass is 19.2. The molecule has 17 heavy (non-hydrogen) atoms. The van der Waals surface area contributed by atoms with Gasteiger partial charge in [-0.05, 0) is 12.8 Å².